The second-order valence-corrected chi connectivity index (χ2v) is 8.78. The number of halogens is 1. The zero-order chi connectivity index (χ0) is 22.8. The molecule has 2 N–H and O–H groups in total. The van der Waals surface area contributed by atoms with E-state index in [2.05, 4.69) is 26.9 Å². The summed E-state index contributed by atoms with van der Waals surface area (Å²) in [6, 6.07) is 23.7. The number of hydrogen-bond acceptors (Lipinski definition) is 6. The van der Waals surface area contributed by atoms with Crippen molar-refractivity contribution in [3.05, 3.63) is 89.2 Å². The molecule has 0 unspecified atom stereocenters. The fraction of sp³-hybridized carbons (Fsp3) is 0.125. The molecule has 0 amide bonds. The highest BCUT2D eigenvalue weighted by atomic mass is 35.5. The van der Waals surface area contributed by atoms with Crippen LogP contribution in [0, 0.1) is 0 Å². The minimum atomic E-state index is 0.541. The number of aromatic nitrogens is 5. The summed E-state index contributed by atoms with van der Waals surface area (Å²) in [6.07, 6.45) is 0. The van der Waals surface area contributed by atoms with Crippen LogP contribution in [0.5, 0.6) is 5.75 Å². The Kier molecular flexibility index (Phi) is 5.93. The van der Waals surface area contributed by atoms with E-state index in [0.29, 0.717) is 34.1 Å². The third-order valence-electron chi connectivity index (χ3n) is 5.32. The topological polar surface area (TPSA) is 83.8 Å². The second-order valence-electron chi connectivity index (χ2n) is 7.40. The Morgan fingerprint density at radius 3 is 2.61 bits per heavy atom. The highest BCUT2D eigenvalue weighted by molar-refractivity contribution is 7.98. The summed E-state index contributed by atoms with van der Waals surface area (Å²) in [6.45, 7) is 0.705. The molecule has 5 aromatic rings. The molecular formula is C24H21ClN6OS. The number of para-hydroxylation sites is 1. The molecule has 0 saturated heterocycles. The van der Waals surface area contributed by atoms with Gasteiger partial charge in [0.05, 0.1) is 29.5 Å². The number of ether oxygens (including phenoxy) is 1. The minimum absolute atomic E-state index is 0.541. The van der Waals surface area contributed by atoms with Crippen LogP contribution in [0.3, 0.4) is 0 Å². The average molecular weight is 477 g/mol. The molecule has 166 valence electrons. The van der Waals surface area contributed by atoms with E-state index in [4.69, 9.17) is 27.2 Å². The van der Waals surface area contributed by atoms with E-state index < -0.39 is 0 Å². The van der Waals surface area contributed by atoms with Gasteiger partial charge >= 0.3 is 0 Å². The van der Waals surface area contributed by atoms with Crippen LogP contribution in [0.2, 0.25) is 5.02 Å². The zero-order valence-electron chi connectivity index (χ0n) is 17.9. The van der Waals surface area contributed by atoms with Gasteiger partial charge in [-0.3, -0.25) is 0 Å². The van der Waals surface area contributed by atoms with Crippen LogP contribution >= 0.6 is 23.4 Å². The molecule has 2 aromatic heterocycles. The van der Waals surface area contributed by atoms with Gasteiger partial charge in [-0.1, -0.05) is 65.8 Å². The number of nitrogen functional groups attached to an aromatic ring is 1. The monoisotopic (exact) mass is 476 g/mol. The molecule has 0 aliphatic carbocycles. The van der Waals surface area contributed by atoms with Crippen molar-refractivity contribution in [1.82, 2.24) is 24.4 Å². The number of nitrogens with zero attached hydrogens (tertiary/aromatic N) is 5. The van der Waals surface area contributed by atoms with Gasteiger partial charge in [-0.25, -0.2) is 9.66 Å². The lowest BCUT2D eigenvalue weighted by atomic mass is 10.2. The van der Waals surface area contributed by atoms with E-state index in [1.54, 1.807) is 7.11 Å². The maximum Gasteiger partial charge on any atom is 0.210 e. The molecule has 0 fully saturated rings. The fourth-order valence-corrected chi connectivity index (χ4v) is 4.69. The van der Waals surface area contributed by atoms with Gasteiger partial charge in [0.1, 0.15) is 11.6 Å². The molecule has 0 radical (unpaired) electrons. The van der Waals surface area contributed by atoms with Crippen molar-refractivity contribution in [2.24, 2.45) is 0 Å². The number of hydrogen-bond donors (Lipinski definition) is 1. The van der Waals surface area contributed by atoms with Gasteiger partial charge in [-0.05, 0) is 35.9 Å². The first-order valence-corrected chi connectivity index (χ1v) is 11.7. The van der Waals surface area contributed by atoms with Gasteiger partial charge in [-0.2, -0.15) is 0 Å². The lowest BCUT2D eigenvalue weighted by molar-refractivity contribution is 0.416. The molecule has 9 heteroatoms. The first-order chi connectivity index (χ1) is 16.1. The molecule has 5 rings (SSSR count). The standard InChI is InChI=1S/C24H21ClN6OS/c1-32-21-10-6-5-9-18(21)23-28-29-24(31(23)26)33-15-22-27-19-13-17(25)11-12-20(19)30(22)14-16-7-3-2-4-8-16/h2-13H,14-15,26H2,1H3. The van der Waals surface area contributed by atoms with E-state index in [1.807, 2.05) is 60.7 Å². The third-order valence-corrected chi connectivity index (χ3v) is 6.49. The SMILES string of the molecule is COc1ccccc1-c1nnc(SCc2nc3cc(Cl)ccc3n2Cc2ccccc2)n1N. The van der Waals surface area contributed by atoms with Gasteiger partial charge in [0.2, 0.25) is 5.16 Å². The summed E-state index contributed by atoms with van der Waals surface area (Å²) >= 11 is 7.70. The van der Waals surface area contributed by atoms with Crippen molar-refractivity contribution >= 4 is 34.4 Å². The largest absolute Gasteiger partial charge is 0.496 e. The van der Waals surface area contributed by atoms with E-state index >= 15 is 0 Å². The molecule has 0 spiro atoms. The van der Waals surface area contributed by atoms with Gasteiger partial charge in [-0.15, -0.1) is 10.2 Å². The number of imidazole rings is 1. The minimum Gasteiger partial charge on any atom is -0.496 e. The van der Waals surface area contributed by atoms with Crippen LogP contribution in [0.1, 0.15) is 11.4 Å². The fourth-order valence-electron chi connectivity index (χ4n) is 3.72. The molecule has 0 aliphatic heterocycles. The Labute approximate surface area is 200 Å². The number of benzene rings is 3. The smallest absolute Gasteiger partial charge is 0.210 e. The number of methoxy groups -OCH3 is 1. The summed E-state index contributed by atoms with van der Waals surface area (Å²) in [4.78, 5) is 4.85. The quantitative estimate of drug-likeness (QED) is 0.262. The summed E-state index contributed by atoms with van der Waals surface area (Å²) in [7, 11) is 1.62. The predicted octanol–water partition coefficient (Wildman–Crippen LogP) is 5.01. The van der Waals surface area contributed by atoms with E-state index in [-0.39, 0.29) is 0 Å². The van der Waals surface area contributed by atoms with Crippen LogP contribution in [-0.2, 0) is 12.3 Å². The first-order valence-electron chi connectivity index (χ1n) is 10.3. The number of fused-ring (bicyclic) bond motifs is 1. The van der Waals surface area contributed by atoms with Crippen molar-refractivity contribution in [1.29, 1.82) is 0 Å². The summed E-state index contributed by atoms with van der Waals surface area (Å²) < 4.78 is 9.13. The third kappa shape index (κ3) is 4.27. The molecular weight excluding hydrogens is 456 g/mol. The van der Waals surface area contributed by atoms with E-state index in [9.17, 15) is 0 Å². The Balaban J connectivity index is 1.45. The number of thioether (sulfide) groups is 1. The van der Waals surface area contributed by atoms with Crippen molar-refractivity contribution in [3.8, 4) is 17.1 Å². The van der Waals surface area contributed by atoms with Crippen LogP contribution in [0.4, 0.5) is 0 Å². The first kappa shape index (κ1) is 21.4. The van der Waals surface area contributed by atoms with Crippen LogP contribution in [0.15, 0.2) is 78.0 Å². The lowest BCUT2D eigenvalue weighted by Crippen LogP contribution is -2.12. The lowest BCUT2D eigenvalue weighted by Gasteiger charge is -2.10. The highest BCUT2D eigenvalue weighted by Gasteiger charge is 2.18. The van der Waals surface area contributed by atoms with Gasteiger partial charge in [0.15, 0.2) is 5.82 Å². The van der Waals surface area contributed by atoms with Crippen LogP contribution in [0.25, 0.3) is 22.4 Å². The summed E-state index contributed by atoms with van der Waals surface area (Å²) in [5.74, 6) is 9.06. The molecule has 0 atom stereocenters. The average Bonchev–Trinajstić information content (AvgIpc) is 3.37. The van der Waals surface area contributed by atoms with Crippen LogP contribution in [-0.4, -0.2) is 31.5 Å². The summed E-state index contributed by atoms with van der Waals surface area (Å²) in [5.41, 5.74) is 3.87. The molecule has 0 saturated carbocycles. The Hall–Kier alpha value is -3.49. The molecule has 2 heterocycles. The Morgan fingerprint density at radius 2 is 1.79 bits per heavy atom. The predicted molar refractivity (Wildman–Crippen MR) is 132 cm³/mol. The van der Waals surface area contributed by atoms with E-state index in [1.165, 1.54) is 22.0 Å². The molecule has 7 nitrogen and oxygen atoms in total. The highest BCUT2D eigenvalue weighted by Crippen LogP contribution is 2.31. The number of nitrogens with two attached hydrogens (primary N) is 1. The maximum atomic E-state index is 6.35. The van der Waals surface area contributed by atoms with Gasteiger partial charge in [0.25, 0.3) is 0 Å². The second kappa shape index (κ2) is 9.17. The van der Waals surface area contributed by atoms with Crippen LogP contribution < -0.4 is 10.6 Å². The molecule has 0 bridgehead atoms. The summed E-state index contributed by atoms with van der Waals surface area (Å²) in [5, 5.41) is 9.85. The maximum absolute atomic E-state index is 6.35. The Morgan fingerprint density at radius 1 is 1.00 bits per heavy atom. The Bertz CT molecular complexity index is 1420. The van der Waals surface area contributed by atoms with Crippen molar-refractivity contribution in [3.63, 3.8) is 0 Å². The number of rotatable bonds is 7. The normalized spacial score (nSPS) is 11.2. The van der Waals surface area contributed by atoms with E-state index in [0.717, 1.165) is 22.4 Å². The van der Waals surface area contributed by atoms with Crippen molar-refractivity contribution in [2.45, 2.75) is 17.5 Å². The van der Waals surface area contributed by atoms with Crippen molar-refractivity contribution < 1.29 is 4.74 Å². The van der Waals surface area contributed by atoms with Gasteiger partial charge in [0, 0.05) is 11.6 Å². The molecule has 3 aromatic carbocycles. The van der Waals surface area contributed by atoms with Gasteiger partial charge < -0.3 is 15.1 Å². The van der Waals surface area contributed by atoms with Crippen molar-refractivity contribution in [2.75, 3.05) is 13.0 Å². The zero-order valence-corrected chi connectivity index (χ0v) is 19.4. The molecule has 0 aliphatic rings. The molecule has 33 heavy (non-hydrogen) atoms.